The number of oxime groups is 1. The van der Waals surface area contributed by atoms with Gasteiger partial charge in [-0.2, -0.15) is 0 Å². The second-order valence-corrected chi connectivity index (χ2v) is 3.22. The van der Waals surface area contributed by atoms with Crippen LogP contribution in [0, 0.1) is 6.92 Å². The molecule has 0 aliphatic heterocycles. The Morgan fingerprint density at radius 2 is 2.27 bits per heavy atom. The van der Waals surface area contributed by atoms with E-state index < -0.39 is 6.67 Å². The zero-order chi connectivity index (χ0) is 11.3. The smallest absolute Gasteiger partial charge is 0.128 e. The third-order valence-electron chi connectivity index (χ3n) is 2.01. The normalized spacial score (nSPS) is 11.5. The zero-order valence-electron chi connectivity index (χ0n) is 8.83. The summed E-state index contributed by atoms with van der Waals surface area (Å²) < 4.78 is 17.2. The highest BCUT2D eigenvalue weighted by Gasteiger charge is 2.07. The third kappa shape index (κ3) is 2.94. The maximum atomic E-state index is 12.0. The van der Waals surface area contributed by atoms with Crippen molar-refractivity contribution in [1.82, 2.24) is 0 Å². The topological polar surface area (TPSA) is 41.8 Å². The van der Waals surface area contributed by atoms with Crippen LogP contribution in [0.2, 0.25) is 0 Å². The van der Waals surface area contributed by atoms with Crippen LogP contribution < -0.4 is 4.74 Å². The molecule has 4 heteroatoms. The average Bonchev–Trinajstić information content (AvgIpc) is 2.26. The number of nitrogens with zero attached hydrogens (tertiary/aromatic N) is 1. The predicted octanol–water partition coefficient (Wildman–Crippen LogP) is 2.54. The number of halogens is 1. The number of alkyl halides is 1. The Kier molecular flexibility index (Phi) is 4.09. The fourth-order valence-electron chi connectivity index (χ4n) is 1.25. The fraction of sp³-hybridized carbons (Fsp3) is 0.364. The van der Waals surface area contributed by atoms with Crippen LogP contribution in [-0.2, 0) is 0 Å². The zero-order valence-corrected chi connectivity index (χ0v) is 8.83. The molecule has 0 heterocycles. The van der Waals surface area contributed by atoms with Crippen LogP contribution in [0.5, 0.6) is 5.75 Å². The minimum Gasteiger partial charge on any atom is -0.490 e. The summed E-state index contributed by atoms with van der Waals surface area (Å²) in [5.74, 6) is 0.536. The predicted molar refractivity (Wildman–Crippen MR) is 56.6 cm³/mol. The Hall–Kier alpha value is -1.58. The first-order valence-corrected chi connectivity index (χ1v) is 4.67. The lowest BCUT2D eigenvalue weighted by Crippen LogP contribution is -2.05. The highest BCUT2D eigenvalue weighted by Crippen LogP contribution is 2.20. The molecule has 1 aromatic rings. The molecule has 0 atom stereocenters. The largest absolute Gasteiger partial charge is 0.490 e. The average molecular weight is 211 g/mol. The molecule has 0 bridgehead atoms. The highest BCUT2D eigenvalue weighted by atomic mass is 19.1. The van der Waals surface area contributed by atoms with E-state index >= 15 is 0 Å². The Morgan fingerprint density at radius 3 is 2.87 bits per heavy atom. The molecular weight excluding hydrogens is 197 g/mol. The molecule has 0 aliphatic carbocycles. The molecular formula is C11H14FNO2. The maximum absolute atomic E-state index is 12.0. The van der Waals surface area contributed by atoms with Crippen LogP contribution in [0.15, 0.2) is 23.4 Å². The van der Waals surface area contributed by atoms with Crippen molar-refractivity contribution in [3.05, 3.63) is 29.3 Å². The first-order valence-electron chi connectivity index (χ1n) is 4.67. The van der Waals surface area contributed by atoms with Gasteiger partial charge in [-0.25, -0.2) is 4.39 Å². The van der Waals surface area contributed by atoms with Gasteiger partial charge in [0.15, 0.2) is 0 Å². The summed E-state index contributed by atoms with van der Waals surface area (Å²) in [6, 6.07) is 5.44. The number of benzene rings is 1. The quantitative estimate of drug-likeness (QED) is 0.472. The van der Waals surface area contributed by atoms with E-state index in [-0.39, 0.29) is 6.61 Å². The van der Waals surface area contributed by atoms with Crippen molar-refractivity contribution in [2.45, 2.75) is 13.8 Å². The van der Waals surface area contributed by atoms with E-state index in [4.69, 9.17) is 9.94 Å². The van der Waals surface area contributed by atoms with Crippen LogP contribution in [0.4, 0.5) is 4.39 Å². The number of aryl methyl sites for hydroxylation is 1. The minimum absolute atomic E-state index is 0.00870. The molecule has 82 valence electrons. The van der Waals surface area contributed by atoms with Gasteiger partial charge in [0.05, 0.1) is 5.71 Å². The van der Waals surface area contributed by atoms with E-state index in [1.807, 2.05) is 19.1 Å². The molecule has 1 rings (SSSR count). The highest BCUT2D eigenvalue weighted by molar-refractivity contribution is 6.00. The fourth-order valence-corrected chi connectivity index (χ4v) is 1.25. The van der Waals surface area contributed by atoms with E-state index in [0.717, 1.165) is 5.56 Å². The molecule has 0 amide bonds. The van der Waals surface area contributed by atoms with E-state index in [1.165, 1.54) is 0 Å². The molecule has 0 unspecified atom stereocenters. The summed E-state index contributed by atoms with van der Waals surface area (Å²) in [5.41, 5.74) is 2.17. The SMILES string of the molecule is C/C(=N/O)c1cc(C)ccc1OCCF. The van der Waals surface area contributed by atoms with E-state index in [2.05, 4.69) is 5.16 Å². The minimum atomic E-state index is -0.539. The van der Waals surface area contributed by atoms with Gasteiger partial charge in [0.25, 0.3) is 0 Å². The number of hydrogen-bond donors (Lipinski definition) is 1. The molecule has 3 nitrogen and oxygen atoms in total. The van der Waals surface area contributed by atoms with E-state index in [0.29, 0.717) is 17.0 Å². The van der Waals surface area contributed by atoms with Crippen LogP contribution in [0.25, 0.3) is 0 Å². The standard InChI is InChI=1S/C11H14FNO2/c1-8-3-4-11(15-6-5-12)10(7-8)9(2)13-14/h3-4,7,14H,5-6H2,1-2H3/b13-9-. The monoisotopic (exact) mass is 211 g/mol. The molecule has 0 spiro atoms. The molecule has 15 heavy (non-hydrogen) atoms. The second-order valence-electron chi connectivity index (χ2n) is 3.22. The molecule has 0 radical (unpaired) electrons. The molecule has 0 aliphatic rings. The summed E-state index contributed by atoms with van der Waals surface area (Å²) in [7, 11) is 0. The lowest BCUT2D eigenvalue weighted by Gasteiger charge is -2.10. The Bertz CT molecular complexity index is 364. The molecule has 0 aromatic heterocycles. The first kappa shape index (κ1) is 11.5. The van der Waals surface area contributed by atoms with Crippen molar-refractivity contribution in [1.29, 1.82) is 0 Å². The van der Waals surface area contributed by atoms with Crippen molar-refractivity contribution >= 4 is 5.71 Å². The molecule has 0 saturated carbocycles. The Morgan fingerprint density at radius 1 is 1.53 bits per heavy atom. The molecule has 0 fully saturated rings. The number of hydrogen-bond acceptors (Lipinski definition) is 3. The van der Waals surface area contributed by atoms with Crippen LogP contribution in [0.3, 0.4) is 0 Å². The van der Waals surface area contributed by atoms with Crippen molar-refractivity contribution in [3.63, 3.8) is 0 Å². The Labute approximate surface area is 88.2 Å². The van der Waals surface area contributed by atoms with Crippen LogP contribution >= 0.6 is 0 Å². The van der Waals surface area contributed by atoms with Gasteiger partial charge >= 0.3 is 0 Å². The van der Waals surface area contributed by atoms with Gasteiger partial charge in [0, 0.05) is 5.56 Å². The van der Waals surface area contributed by atoms with Crippen molar-refractivity contribution in [3.8, 4) is 5.75 Å². The van der Waals surface area contributed by atoms with E-state index in [1.54, 1.807) is 13.0 Å². The van der Waals surface area contributed by atoms with Gasteiger partial charge < -0.3 is 9.94 Å². The summed E-state index contributed by atoms with van der Waals surface area (Å²) in [6.45, 7) is 3.06. The third-order valence-corrected chi connectivity index (χ3v) is 2.01. The maximum Gasteiger partial charge on any atom is 0.128 e. The Balaban J connectivity index is 3.03. The lowest BCUT2D eigenvalue weighted by atomic mass is 10.1. The second kappa shape index (κ2) is 5.34. The lowest BCUT2D eigenvalue weighted by molar-refractivity contribution is 0.272. The van der Waals surface area contributed by atoms with Gasteiger partial charge in [-0.3, -0.25) is 0 Å². The van der Waals surface area contributed by atoms with Crippen molar-refractivity contribution in [2.75, 3.05) is 13.3 Å². The van der Waals surface area contributed by atoms with Gasteiger partial charge in [0.2, 0.25) is 0 Å². The molecule has 0 saturated heterocycles. The summed E-state index contributed by atoms with van der Waals surface area (Å²) in [5, 5.41) is 11.8. The summed E-state index contributed by atoms with van der Waals surface area (Å²) >= 11 is 0. The summed E-state index contributed by atoms with van der Waals surface area (Å²) in [6.07, 6.45) is 0. The van der Waals surface area contributed by atoms with Gasteiger partial charge in [-0.15, -0.1) is 0 Å². The van der Waals surface area contributed by atoms with Gasteiger partial charge in [0.1, 0.15) is 19.0 Å². The van der Waals surface area contributed by atoms with Gasteiger partial charge in [-0.1, -0.05) is 16.8 Å². The van der Waals surface area contributed by atoms with Crippen LogP contribution in [0.1, 0.15) is 18.1 Å². The van der Waals surface area contributed by atoms with Gasteiger partial charge in [-0.05, 0) is 26.0 Å². The van der Waals surface area contributed by atoms with Crippen molar-refractivity contribution < 1.29 is 14.3 Å². The molecule has 1 aromatic carbocycles. The number of rotatable bonds is 4. The van der Waals surface area contributed by atoms with Crippen molar-refractivity contribution in [2.24, 2.45) is 5.16 Å². The van der Waals surface area contributed by atoms with E-state index in [9.17, 15) is 4.39 Å². The molecule has 1 N–H and O–H groups in total. The van der Waals surface area contributed by atoms with Crippen LogP contribution in [-0.4, -0.2) is 24.2 Å². The first-order chi connectivity index (χ1) is 7.19. The number of ether oxygens (including phenoxy) is 1. The summed E-state index contributed by atoms with van der Waals surface area (Å²) in [4.78, 5) is 0.